The Morgan fingerprint density at radius 1 is 0.882 bits per heavy atom. The van der Waals surface area contributed by atoms with Crippen LogP contribution in [0.1, 0.15) is 71.1 Å². The van der Waals surface area contributed by atoms with Gasteiger partial charge in [-0.2, -0.15) is 4.67 Å². The Bertz CT molecular complexity index is 209. The van der Waals surface area contributed by atoms with Crippen LogP contribution in [0.2, 0.25) is 0 Å². The molecule has 0 bridgehead atoms. The van der Waals surface area contributed by atoms with E-state index in [9.17, 15) is 4.57 Å². The first-order valence-electron chi connectivity index (χ1n) is 6.77. The van der Waals surface area contributed by atoms with Crippen molar-refractivity contribution in [2.45, 2.75) is 71.1 Å². The summed E-state index contributed by atoms with van der Waals surface area (Å²) in [6, 6.07) is 0. The van der Waals surface area contributed by atoms with Gasteiger partial charge in [-0.25, -0.2) is 5.26 Å². The summed E-state index contributed by atoms with van der Waals surface area (Å²) in [5.74, 6) is 0. The molecule has 0 saturated heterocycles. The second-order valence-electron chi connectivity index (χ2n) is 4.62. The largest absolute Gasteiger partial charge is 0.355 e. The van der Waals surface area contributed by atoms with E-state index in [2.05, 4.69) is 11.6 Å². The van der Waals surface area contributed by atoms with E-state index >= 15 is 0 Å². The molecule has 0 aromatic heterocycles. The molecule has 4 nitrogen and oxygen atoms in total. The minimum Gasteiger partial charge on any atom is -0.323 e. The predicted octanol–water partition coefficient (Wildman–Crippen LogP) is 4.58. The van der Waals surface area contributed by atoms with Gasteiger partial charge < -0.3 is 4.89 Å². The molecule has 1 atom stereocenters. The number of hydrogen-bond acceptors (Lipinski definition) is 3. The van der Waals surface area contributed by atoms with Gasteiger partial charge in [-0.15, -0.1) is 0 Å². The minimum atomic E-state index is -3.69. The van der Waals surface area contributed by atoms with E-state index in [1.54, 1.807) is 0 Å². The summed E-state index contributed by atoms with van der Waals surface area (Å²) in [6.45, 7) is 2.22. The van der Waals surface area contributed by atoms with Gasteiger partial charge in [-0.1, -0.05) is 64.7 Å². The van der Waals surface area contributed by atoms with Gasteiger partial charge >= 0.3 is 7.60 Å². The molecule has 0 aliphatic heterocycles. The third-order valence-electron chi connectivity index (χ3n) is 2.92. The molecular formula is C12H27O4P. The number of unbranched alkanes of at least 4 members (excludes halogenated alkanes) is 9. The highest BCUT2D eigenvalue weighted by atomic mass is 31.2. The maximum absolute atomic E-state index is 10.9. The fourth-order valence-corrected chi connectivity index (χ4v) is 2.54. The van der Waals surface area contributed by atoms with Crippen LogP contribution in [0.25, 0.3) is 0 Å². The van der Waals surface area contributed by atoms with Crippen molar-refractivity contribution in [1.82, 2.24) is 0 Å². The van der Waals surface area contributed by atoms with Gasteiger partial charge in [0.15, 0.2) is 0 Å². The van der Waals surface area contributed by atoms with Gasteiger partial charge in [0.2, 0.25) is 0 Å². The molecule has 0 spiro atoms. The van der Waals surface area contributed by atoms with Crippen LogP contribution in [0.15, 0.2) is 0 Å². The molecule has 2 N–H and O–H groups in total. The Labute approximate surface area is 105 Å². The lowest BCUT2D eigenvalue weighted by Gasteiger charge is -2.06. The molecule has 1 unspecified atom stereocenters. The Hall–Kier alpha value is 0.110. The van der Waals surface area contributed by atoms with Crippen molar-refractivity contribution in [2.75, 3.05) is 6.16 Å². The molecule has 0 aromatic carbocycles. The van der Waals surface area contributed by atoms with Gasteiger partial charge in [-0.3, -0.25) is 4.57 Å². The molecule has 0 rings (SSSR count). The molecule has 0 heterocycles. The fraction of sp³-hybridized carbons (Fsp3) is 1.00. The van der Waals surface area contributed by atoms with Crippen LogP contribution in [-0.2, 0) is 9.24 Å². The molecule has 0 aliphatic rings. The first kappa shape index (κ1) is 17.1. The highest BCUT2D eigenvalue weighted by molar-refractivity contribution is 7.52. The maximum Gasteiger partial charge on any atom is 0.355 e. The molecule has 0 fully saturated rings. The molecule has 17 heavy (non-hydrogen) atoms. The van der Waals surface area contributed by atoms with Crippen molar-refractivity contribution in [3.8, 4) is 0 Å². The van der Waals surface area contributed by atoms with Crippen molar-refractivity contribution >= 4 is 7.60 Å². The van der Waals surface area contributed by atoms with Crippen LogP contribution in [0.3, 0.4) is 0 Å². The second kappa shape index (κ2) is 11.2. The molecule has 5 heteroatoms. The van der Waals surface area contributed by atoms with Crippen LogP contribution in [0.4, 0.5) is 0 Å². The van der Waals surface area contributed by atoms with Gasteiger partial charge in [-0.05, 0) is 6.42 Å². The van der Waals surface area contributed by atoms with E-state index in [-0.39, 0.29) is 6.16 Å². The monoisotopic (exact) mass is 266 g/mol. The topological polar surface area (TPSA) is 66.8 Å². The number of rotatable bonds is 12. The van der Waals surface area contributed by atoms with Crippen LogP contribution in [0.5, 0.6) is 0 Å². The van der Waals surface area contributed by atoms with Crippen LogP contribution in [-0.4, -0.2) is 16.3 Å². The standard InChI is InChI=1S/C12H27O4P/c1-2-3-4-5-6-7-8-9-10-11-12-17(14,15)16-13/h13H,2-12H2,1H3,(H,14,15). The van der Waals surface area contributed by atoms with E-state index in [1.165, 1.54) is 44.9 Å². The number of hydrogen-bond donors (Lipinski definition) is 2. The average molecular weight is 266 g/mol. The van der Waals surface area contributed by atoms with Crippen molar-refractivity contribution < 1.29 is 19.4 Å². The van der Waals surface area contributed by atoms with Gasteiger partial charge in [0.25, 0.3) is 0 Å². The maximum atomic E-state index is 10.9. The SMILES string of the molecule is CCCCCCCCCCCCP(=O)(O)OO. The Morgan fingerprint density at radius 2 is 1.29 bits per heavy atom. The summed E-state index contributed by atoms with van der Waals surface area (Å²) in [6.07, 6.45) is 11.8. The summed E-state index contributed by atoms with van der Waals surface area (Å²) in [4.78, 5) is 8.93. The van der Waals surface area contributed by atoms with Gasteiger partial charge in [0, 0.05) is 0 Å². The minimum absolute atomic E-state index is 0.0556. The van der Waals surface area contributed by atoms with Crippen molar-refractivity contribution in [3.63, 3.8) is 0 Å². The quantitative estimate of drug-likeness (QED) is 0.235. The molecule has 0 saturated carbocycles. The van der Waals surface area contributed by atoms with Crippen LogP contribution < -0.4 is 0 Å². The lowest BCUT2D eigenvalue weighted by Crippen LogP contribution is -1.91. The Balaban J connectivity index is 3.11. The molecule has 0 aliphatic carbocycles. The Morgan fingerprint density at radius 3 is 1.71 bits per heavy atom. The third kappa shape index (κ3) is 12.4. The van der Waals surface area contributed by atoms with E-state index < -0.39 is 7.60 Å². The first-order valence-corrected chi connectivity index (χ1v) is 8.53. The van der Waals surface area contributed by atoms with Crippen molar-refractivity contribution in [2.24, 2.45) is 0 Å². The predicted molar refractivity (Wildman–Crippen MR) is 70.3 cm³/mol. The van der Waals surface area contributed by atoms with Gasteiger partial charge in [0.05, 0.1) is 6.16 Å². The van der Waals surface area contributed by atoms with Crippen molar-refractivity contribution in [1.29, 1.82) is 0 Å². The van der Waals surface area contributed by atoms with Crippen LogP contribution in [0, 0.1) is 0 Å². The molecule has 104 valence electrons. The van der Waals surface area contributed by atoms with E-state index in [4.69, 9.17) is 10.2 Å². The molecule has 0 radical (unpaired) electrons. The van der Waals surface area contributed by atoms with Crippen LogP contribution >= 0.6 is 7.60 Å². The van der Waals surface area contributed by atoms with E-state index in [1.807, 2.05) is 0 Å². The van der Waals surface area contributed by atoms with E-state index in [0.717, 1.165) is 12.8 Å². The highest BCUT2D eigenvalue weighted by Crippen LogP contribution is 2.41. The highest BCUT2D eigenvalue weighted by Gasteiger charge is 2.17. The van der Waals surface area contributed by atoms with Crippen molar-refractivity contribution in [3.05, 3.63) is 0 Å². The molecule has 0 amide bonds. The summed E-state index contributed by atoms with van der Waals surface area (Å²) in [7, 11) is -3.69. The summed E-state index contributed by atoms with van der Waals surface area (Å²) < 4.78 is 14.4. The summed E-state index contributed by atoms with van der Waals surface area (Å²) in [5.41, 5.74) is 0. The molecular weight excluding hydrogens is 239 g/mol. The lowest BCUT2D eigenvalue weighted by atomic mass is 10.1. The average Bonchev–Trinajstić information content (AvgIpc) is 2.31. The Kier molecular flexibility index (Phi) is 11.3. The third-order valence-corrected chi connectivity index (χ3v) is 4.06. The zero-order valence-electron chi connectivity index (χ0n) is 10.9. The zero-order chi connectivity index (χ0) is 13.0. The lowest BCUT2D eigenvalue weighted by molar-refractivity contribution is -0.145. The summed E-state index contributed by atoms with van der Waals surface area (Å²) in [5, 5.41) is 8.12. The zero-order valence-corrected chi connectivity index (χ0v) is 11.8. The summed E-state index contributed by atoms with van der Waals surface area (Å²) >= 11 is 0. The second-order valence-corrected chi connectivity index (χ2v) is 6.51. The smallest absolute Gasteiger partial charge is 0.323 e. The normalized spacial score (nSPS) is 14.8. The van der Waals surface area contributed by atoms with E-state index in [0.29, 0.717) is 6.42 Å². The fourth-order valence-electron chi connectivity index (χ4n) is 1.84. The molecule has 0 aromatic rings. The van der Waals surface area contributed by atoms with Gasteiger partial charge in [0.1, 0.15) is 0 Å². The first-order chi connectivity index (χ1) is 8.12.